The molecule has 0 radical (unpaired) electrons. The second-order valence-electron chi connectivity index (χ2n) is 6.39. The van der Waals surface area contributed by atoms with E-state index in [0.29, 0.717) is 31.9 Å². The van der Waals surface area contributed by atoms with Crippen molar-refractivity contribution in [3.8, 4) is 11.3 Å². The van der Waals surface area contributed by atoms with E-state index in [1.807, 2.05) is 44.2 Å². The maximum Gasteiger partial charge on any atom is 0.317 e. The molecule has 3 amide bonds. The van der Waals surface area contributed by atoms with Crippen LogP contribution in [0, 0.1) is 0 Å². The molecule has 1 atom stereocenters. The Morgan fingerprint density at radius 1 is 1.27 bits per heavy atom. The quantitative estimate of drug-likeness (QED) is 0.864. The number of aromatic amines is 1. The van der Waals surface area contributed by atoms with Crippen LogP contribution in [0.1, 0.15) is 30.8 Å². The van der Waals surface area contributed by atoms with Crippen LogP contribution in [0.2, 0.25) is 0 Å². The third-order valence-corrected chi connectivity index (χ3v) is 4.73. The average molecular weight is 355 g/mol. The highest BCUT2D eigenvalue weighted by Gasteiger charge is 2.29. The highest BCUT2D eigenvalue weighted by molar-refractivity contribution is 5.93. The summed E-state index contributed by atoms with van der Waals surface area (Å²) in [6, 6.07) is 11.4. The number of carbonyl (C=O) groups excluding carboxylic acids is 2. The molecular weight excluding hydrogens is 330 g/mol. The van der Waals surface area contributed by atoms with Gasteiger partial charge in [-0.15, -0.1) is 0 Å². The molecule has 0 unspecified atom stereocenters. The number of hydrogen-bond acceptors (Lipinski definition) is 3. The van der Waals surface area contributed by atoms with Gasteiger partial charge in [-0.3, -0.25) is 9.89 Å². The van der Waals surface area contributed by atoms with E-state index in [-0.39, 0.29) is 18.0 Å². The summed E-state index contributed by atoms with van der Waals surface area (Å²) in [7, 11) is 0. The number of aromatic nitrogens is 2. The number of carbonyl (C=O) groups is 2. The maximum atomic E-state index is 12.7. The van der Waals surface area contributed by atoms with Gasteiger partial charge in [-0.2, -0.15) is 5.10 Å². The van der Waals surface area contributed by atoms with Gasteiger partial charge in [-0.05, 0) is 26.3 Å². The first kappa shape index (κ1) is 18.0. The average Bonchev–Trinajstić information content (AvgIpc) is 3.33. The highest BCUT2D eigenvalue weighted by Crippen LogP contribution is 2.19. The molecule has 0 bridgehead atoms. The Balaban J connectivity index is 1.60. The summed E-state index contributed by atoms with van der Waals surface area (Å²) < 4.78 is 0. The van der Waals surface area contributed by atoms with Gasteiger partial charge < -0.3 is 15.1 Å². The minimum atomic E-state index is -0.0840. The molecule has 1 aromatic carbocycles. The van der Waals surface area contributed by atoms with Crippen molar-refractivity contribution in [1.82, 2.24) is 25.3 Å². The van der Waals surface area contributed by atoms with Gasteiger partial charge in [0.2, 0.25) is 0 Å². The zero-order valence-electron chi connectivity index (χ0n) is 15.2. The largest absolute Gasteiger partial charge is 0.335 e. The molecule has 1 aliphatic heterocycles. The van der Waals surface area contributed by atoms with Crippen LogP contribution < -0.4 is 5.32 Å². The Bertz CT molecular complexity index is 754. The molecule has 26 heavy (non-hydrogen) atoms. The van der Waals surface area contributed by atoms with Crippen molar-refractivity contribution in [3.05, 3.63) is 42.1 Å². The fourth-order valence-corrected chi connectivity index (χ4v) is 3.20. The van der Waals surface area contributed by atoms with Crippen LogP contribution >= 0.6 is 0 Å². The lowest BCUT2D eigenvalue weighted by Gasteiger charge is -2.22. The molecule has 0 aliphatic carbocycles. The van der Waals surface area contributed by atoms with Gasteiger partial charge in [0.05, 0.1) is 5.69 Å². The standard InChI is InChI=1S/C19H25N5O2/c1-3-23(4-2)19(26)20-15-10-11-24(13-15)18(25)17-12-16(21-22-17)14-8-6-5-7-9-14/h5-9,12,15H,3-4,10-11,13H2,1-2H3,(H,20,26)(H,21,22)/t15-/m1/s1. The molecule has 1 aromatic heterocycles. The van der Waals surface area contributed by atoms with Crippen LogP contribution in [0.25, 0.3) is 11.3 Å². The first-order valence-electron chi connectivity index (χ1n) is 9.08. The Labute approximate surface area is 153 Å². The number of H-pyrrole nitrogens is 1. The van der Waals surface area contributed by atoms with Gasteiger partial charge in [0, 0.05) is 37.8 Å². The van der Waals surface area contributed by atoms with Crippen molar-refractivity contribution >= 4 is 11.9 Å². The van der Waals surface area contributed by atoms with E-state index in [9.17, 15) is 9.59 Å². The molecular formula is C19H25N5O2. The molecule has 138 valence electrons. The number of likely N-dealkylation sites (tertiary alicyclic amines) is 1. The fourth-order valence-electron chi connectivity index (χ4n) is 3.20. The van der Waals surface area contributed by atoms with Crippen LogP contribution in [0.4, 0.5) is 4.79 Å². The number of rotatable bonds is 5. The summed E-state index contributed by atoms with van der Waals surface area (Å²) in [5, 5.41) is 10.1. The Hall–Kier alpha value is -2.83. The van der Waals surface area contributed by atoms with E-state index in [1.165, 1.54) is 0 Å². The Morgan fingerprint density at radius 2 is 2.00 bits per heavy atom. The maximum absolute atomic E-state index is 12.7. The predicted octanol–water partition coefficient (Wildman–Crippen LogP) is 2.34. The SMILES string of the molecule is CCN(CC)C(=O)N[C@@H]1CCN(C(=O)c2cc(-c3ccccc3)n[nH]2)C1. The van der Waals surface area contributed by atoms with Crippen LogP contribution in [0.5, 0.6) is 0 Å². The lowest BCUT2D eigenvalue weighted by Crippen LogP contribution is -2.46. The third-order valence-electron chi connectivity index (χ3n) is 4.73. The zero-order chi connectivity index (χ0) is 18.5. The Kier molecular flexibility index (Phi) is 5.55. The van der Waals surface area contributed by atoms with E-state index < -0.39 is 0 Å². The third kappa shape index (κ3) is 3.87. The molecule has 2 aromatic rings. The molecule has 7 nitrogen and oxygen atoms in total. The monoisotopic (exact) mass is 355 g/mol. The molecule has 2 heterocycles. The zero-order valence-corrected chi connectivity index (χ0v) is 15.2. The summed E-state index contributed by atoms with van der Waals surface area (Å²) in [6.07, 6.45) is 0.762. The molecule has 1 aliphatic rings. The number of benzene rings is 1. The van der Waals surface area contributed by atoms with E-state index in [0.717, 1.165) is 17.7 Å². The van der Waals surface area contributed by atoms with Gasteiger partial charge in [-0.1, -0.05) is 30.3 Å². The molecule has 1 fully saturated rings. The van der Waals surface area contributed by atoms with Crippen LogP contribution in [-0.2, 0) is 0 Å². The van der Waals surface area contributed by atoms with Gasteiger partial charge in [0.1, 0.15) is 5.69 Å². The minimum Gasteiger partial charge on any atom is -0.335 e. The lowest BCUT2D eigenvalue weighted by atomic mass is 10.1. The first-order valence-corrected chi connectivity index (χ1v) is 9.08. The second kappa shape index (κ2) is 8.03. The smallest absolute Gasteiger partial charge is 0.317 e. The van der Waals surface area contributed by atoms with Gasteiger partial charge in [-0.25, -0.2) is 4.79 Å². The van der Waals surface area contributed by atoms with Crippen molar-refractivity contribution < 1.29 is 9.59 Å². The first-order chi connectivity index (χ1) is 12.6. The Morgan fingerprint density at radius 3 is 2.69 bits per heavy atom. The molecule has 7 heteroatoms. The van der Waals surface area contributed by atoms with Gasteiger partial charge in [0.25, 0.3) is 5.91 Å². The predicted molar refractivity (Wildman–Crippen MR) is 99.8 cm³/mol. The minimum absolute atomic E-state index is 0.0106. The number of amides is 3. The van der Waals surface area contributed by atoms with E-state index in [2.05, 4.69) is 15.5 Å². The topological polar surface area (TPSA) is 81.3 Å². The fraction of sp³-hybridized carbons (Fsp3) is 0.421. The van der Waals surface area contributed by atoms with Crippen molar-refractivity contribution in [2.24, 2.45) is 0 Å². The van der Waals surface area contributed by atoms with Crippen LogP contribution in [0.3, 0.4) is 0 Å². The summed E-state index contributed by atoms with van der Waals surface area (Å²) >= 11 is 0. The number of nitrogens with one attached hydrogen (secondary N) is 2. The van der Waals surface area contributed by atoms with Crippen LogP contribution in [-0.4, -0.2) is 64.2 Å². The van der Waals surface area contributed by atoms with Gasteiger partial charge >= 0.3 is 6.03 Å². The summed E-state index contributed by atoms with van der Waals surface area (Å²) in [4.78, 5) is 28.4. The molecule has 3 rings (SSSR count). The number of urea groups is 1. The molecule has 2 N–H and O–H groups in total. The summed E-state index contributed by atoms with van der Waals surface area (Å²) in [5.74, 6) is -0.0840. The van der Waals surface area contributed by atoms with Crippen molar-refractivity contribution in [2.45, 2.75) is 26.3 Å². The molecule has 1 saturated heterocycles. The van der Waals surface area contributed by atoms with E-state index in [4.69, 9.17) is 0 Å². The summed E-state index contributed by atoms with van der Waals surface area (Å²) in [6.45, 7) is 6.40. The number of nitrogens with zero attached hydrogens (tertiary/aromatic N) is 3. The summed E-state index contributed by atoms with van der Waals surface area (Å²) in [5.41, 5.74) is 2.19. The highest BCUT2D eigenvalue weighted by atomic mass is 16.2. The van der Waals surface area contributed by atoms with Crippen LogP contribution in [0.15, 0.2) is 36.4 Å². The van der Waals surface area contributed by atoms with Gasteiger partial charge in [0.15, 0.2) is 0 Å². The number of hydrogen-bond donors (Lipinski definition) is 2. The van der Waals surface area contributed by atoms with Crippen molar-refractivity contribution in [3.63, 3.8) is 0 Å². The molecule has 0 saturated carbocycles. The van der Waals surface area contributed by atoms with E-state index in [1.54, 1.807) is 15.9 Å². The second-order valence-corrected chi connectivity index (χ2v) is 6.39. The van der Waals surface area contributed by atoms with Crippen molar-refractivity contribution in [2.75, 3.05) is 26.2 Å². The normalized spacial score (nSPS) is 16.5. The van der Waals surface area contributed by atoms with Crippen molar-refractivity contribution in [1.29, 1.82) is 0 Å². The lowest BCUT2D eigenvalue weighted by molar-refractivity contribution is 0.0783. The molecule has 0 spiro atoms. The van der Waals surface area contributed by atoms with E-state index >= 15 is 0 Å².